The van der Waals surface area contributed by atoms with E-state index in [2.05, 4.69) is 41.9 Å². The number of hydrogen-bond donors (Lipinski definition) is 2. The molecule has 0 saturated heterocycles. The van der Waals surface area contributed by atoms with Crippen LogP contribution in [0.25, 0.3) is 0 Å². The van der Waals surface area contributed by atoms with Crippen LogP contribution in [0.1, 0.15) is 41.5 Å². The molecule has 2 aromatic heterocycles. The Labute approximate surface area is 179 Å². The maximum atomic E-state index is 9.50. The first-order chi connectivity index (χ1) is 14.6. The second kappa shape index (κ2) is 8.20. The van der Waals surface area contributed by atoms with Gasteiger partial charge in [-0.1, -0.05) is 6.07 Å². The quantitative estimate of drug-likeness (QED) is 0.589. The van der Waals surface area contributed by atoms with Crippen LogP contribution in [0.4, 0.5) is 17.2 Å². The van der Waals surface area contributed by atoms with E-state index in [0.29, 0.717) is 22.9 Å². The molecule has 30 heavy (non-hydrogen) atoms. The zero-order chi connectivity index (χ0) is 21.3. The van der Waals surface area contributed by atoms with Crippen LogP contribution in [-0.4, -0.2) is 18.1 Å². The van der Waals surface area contributed by atoms with Gasteiger partial charge in [0, 0.05) is 30.4 Å². The zero-order valence-corrected chi connectivity index (χ0v) is 17.7. The van der Waals surface area contributed by atoms with E-state index in [1.54, 1.807) is 18.0 Å². The smallest absolute Gasteiger partial charge is 0.228 e. The molecule has 0 spiro atoms. The van der Waals surface area contributed by atoms with Crippen LogP contribution in [-0.2, 0) is 5.75 Å². The Hall–Kier alpha value is -3.31. The summed E-state index contributed by atoms with van der Waals surface area (Å²) < 4.78 is 11.6. The number of aromatic nitrogens is 1. The highest BCUT2D eigenvalue weighted by molar-refractivity contribution is 7.99. The number of rotatable bonds is 6. The van der Waals surface area contributed by atoms with Gasteiger partial charge in [-0.2, -0.15) is 10.2 Å². The highest BCUT2D eigenvalue weighted by Gasteiger charge is 2.33. The lowest BCUT2D eigenvalue weighted by Gasteiger charge is -2.30. The molecule has 0 bridgehead atoms. The predicted molar refractivity (Wildman–Crippen MR) is 120 cm³/mol. The molecule has 4 N–H and O–H groups in total. The van der Waals surface area contributed by atoms with Gasteiger partial charge in [-0.05, 0) is 32.0 Å². The first-order valence-corrected chi connectivity index (χ1v) is 10.8. The fraction of sp³-hybridized carbons (Fsp3) is 0.273. The minimum absolute atomic E-state index is 0.0758. The number of nitrogen functional groups attached to an aromatic ring is 2. The fourth-order valence-electron chi connectivity index (χ4n) is 3.67. The lowest BCUT2D eigenvalue weighted by molar-refractivity contribution is 0.441. The predicted octanol–water partition coefficient (Wildman–Crippen LogP) is 4.69. The number of hydrogen-bond acceptors (Lipinski definition) is 8. The summed E-state index contributed by atoms with van der Waals surface area (Å²) in [6, 6.07) is 12.0. The van der Waals surface area contributed by atoms with Crippen LogP contribution in [0.3, 0.4) is 0 Å². The molecular weight excluding hydrogens is 398 g/mol. The van der Waals surface area contributed by atoms with Gasteiger partial charge in [0.15, 0.2) is 0 Å². The van der Waals surface area contributed by atoms with Gasteiger partial charge in [0.1, 0.15) is 29.0 Å². The van der Waals surface area contributed by atoms with E-state index in [-0.39, 0.29) is 16.6 Å². The van der Waals surface area contributed by atoms with Crippen molar-refractivity contribution in [3.63, 3.8) is 0 Å². The number of nitrogens with zero attached hydrogens (tertiary/aromatic N) is 3. The van der Waals surface area contributed by atoms with E-state index >= 15 is 0 Å². The van der Waals surface area contributed by atoms with Gasteiger partial charge in [0.2, 0.25) is 5.88 Å². The second-order valence-corrected chi connectivity index (χ2v) is 7.98. The van der Waals surface area contributed by atoms with Gasteiger partial charge >= 0.3 is 0 Å². The average Bonchev–Trinajstić information content (AvgIpc) is 3.26. The van der Waals surface area contributed by atoms with Gasteiger partial charge < -0.3 is 25.5 Å². The lowest BCUT2D eigenvalue weighted by atomic mass is 9.98. The van der Waals surface area contributed by atoms with Crippen molar-refractivity contribution >= 4 is 29.0 Å². The Balaban J connectivity index is 1.82. The number of furan rings is 1. The second-order valence-electron chi connectivity index (χ2n) is 6.88. The SMILES string of the molecule is CCN(CC)c1ccc2c(c1)Oc1nc(N)c(C#N)c(N)c1C2SCc1ccco1. The summed E-state index contributed by atoms with van der Waals surface area (Å²) in [6.45, 7) is 6.03. The van der Waals surface area contributed by atoms with E-state index in [1.165, 1.54) is 0 Å². The number of fused-ring (bicyclic) bond motifs is 2. The van der Waals surface area contributed by atoms with Crippen molar-refractivity contribution < 1.29 is 9.15 Å². The number of nitrogens with two attached hydrogens (primary N) is 2. The number of anilines is 3. The van der Waals surface area contributed by atoms with Crippen LogP contribution in [0.15, 0.2) is 41.0 Å². The van der Waals surface area contributed by atoms with Crippen molar-refractivity contribution in [2.75, 3.05) is 29.5 Å². The molecule has 1 aliphatic rings. The van der Waals surface area contributed by atoms with Crippen molar-refractivity contribution in [1.82, 2.24) is 4.98 Å². The maximum absolute atomic E-state index is 9.50. The molecule has 1 atom stereocenters. The van der Waals surface area contributed by atoms with Gasteiger partial charge in [0.25, 0.3) is 0 Å². The molecule has 3 heterocycles. The molecule has 8 heteroatoms. The summed E-state index contributed by atoms with van der Waals surface area (Å²) >= 11 is 1.65. The van der Waals surface area contributed by atoms with E-state index in [4.69, 9.17) is 20.6 Å². The summed E-state index contributed by atoms with van der Waals surface area (Å²) in [5.74, 6) is 2.65. The molecule has 3 aromatic rings. The lowest BCUT2D eigenvalue weighted by Crippen LogP contribution is -2.22. The molecule has 154 valence electrons. The van der Waals surface area contributed by atoms with Crippen molar-refractivity contribution in [1.29, 1.82) is 5.26 Å². The average molecular weight is 422 g/mol. The van der Waals surface area contributed by atoms with Crippen LogP contribution in [0.2, 0.25) is 0 Å². The van der Waals surface area contributed by atoms with Crippen molar-refractivity contribution in [2.45, 2.75) is 24.9 Å². The molecule has 0 fully saturated rings. The van der Waals surface area contributed by atoms with E-state index in [1.807, 2.05) is 18.2 Å². The fourth-order valence-corrected chi connectivity index (χ4v) is 4.93. The standard InChI is InChI=1S/C22H23N5O2S/c1-3-27(4-2)13-7-8-15-17(10-13)29-22-18(19(24)16(11-23)21(25)26-22)20(15)30-12-14-6-5-9-28-14/h5-10,20H,3-4,12H2,1-2H3,(H4,24,25,26). The third-order valence-electron chi connectivity index (χ3n) is 5.23. The highest BCUT2D eigenvalue weighted by atomic mass is 32.2. The summed E-state index contributed by atoms with van der Waals surface area (Å²) in [5, 5.41) is 9.33. The monoisotopic (exact) mass is 421 g/mol. The number of pyridine rings is 1. The molecule has 0 saturated carbocycles. The van der Waals surface area contributed by atoms with E-state index < -0.39 is 0 Å². The maximum Gasteiger partial charge on any atom is 0.228 e. The van der Waals surface area contributed by atoms with Crippen LogP contribution in [0, 0.1) is 11.3 Å². The van der Waals surface area contributed by atoms with Gasteiger partial charge in [-0.25, -0.2) is 0 Å². The Morgan fingerprint density at radius 1 is 1.23 bits per heavy atom. The third kappa shape index (κ3) is 3.42. The molecule has 0 radical (unpaired) electrons. The Bertz CT molecular complexity index is 1100. The van der Waals surface area contributed by atoms with Crippen LogP contribution >= 0.6 is 11.8 Å². The van der Waals surface area contributed by atoms with E-state index in [9.17, 15) is 5.26 Å². The Kier molecular flexibility index (Phi) is 5.46. The molecule has 7 nitrogen and oxygen atoms in total. The molecular formula is C22H23N5O2S. The minimum atomic E-state index is -0.167. The topological polar surface area (TPSA) is 114 Å². The summed E-state index contributed by atoms with van der Waals surface area (Å²) in [4.78, 5) is 6.61. The minimum Gasteiger partial charge on any atom is -0.468 e. The molecule has 1 unspecified atom stereocenters. The summed E-state index contributed by atoms with van der Waals surface area (Å²) in [6.07, 6.45) is 1.66. The summed E-state index contributed by atoms with van der Waals surface area (Å²) in [7, 11) is 0. The molecule has 1 aromatic carbocycles. The number of thioether (sulfide) groups is 1. The molecule has 4 rings (SSSR count). The first kappa shape index (κ1) is 20.0. The van der Waals surface area contributed by atoms with Crippen LogP contribution < -0.4 is 21.1 Å². The Morgan fingerprint density at radius 2 is 2.03 bits per heavy atom. The number of ether oxygens (including phenoxy) is 1. The first-order valence-electron chi connectivity index (χ1n) is 9.77. The third-order valence-corrected chi connectivity index (χ3v) is 6.50. The summed E-state index contributed by atoms with van der Waals surface area (Å²) in [5.41, 5.74) is 15.6. The largest absolute Gasteiger partial charge is 0.468 e. The van der Waals surface area contributed by atoms with Crippen LogP contribution in [0.5, 0.6) is 11.6 Å². The zero-order valence-electron chi connectivity index (χ0n) is 16.9. The normalized spacial score (nSPS) is 14.4. The number of benzene rings is 1. The highest BCUT2D eigenvalue weighted by Crippen LogP contribution is 2.53. The van der Waals surface area contributed by atoms with Crippen molar-refractivity contribution in [3.8, 4) is 17.7 Å². The van der Waals surface area contributed by atoms with E-state index in [0.717, 1.165) is 35.9 Å². The Morgan fingerprint density at radius 3 is 2.70 bits per heavy atom. The molecule has 0 amide bonds. The van der Waals surface area contributed by atoms with Crippen molar-refractivity contribution in [3.05, 3.63) is 59.0 Å². The molecule has 1 aliphatic heterocycles. The van der Waals surface area contributed by atoms with Crippen molar-refractivity contribution in [2.24, 2.45) is 0 Å². The number of nitriles is 1. The van der Waals surface area contributed by atoms with Gasteiger partial charge in [0.05, 0.1) is 28.5 Å². The van der Waals surface area contributed by atoms with Gasteiger partial charge in [-0.15, -0.1) is 11.8 Å². The van der Waals surface area contributed by atoms with Gasteiger partial charge in [-0.3, -0.25) is 0 Å². The molecule has 0 aliphatic carbocycles.